The molecular formula is C14H25N3O. The van der Waals surface area contributed by atoms with E-state index in [0.29, 0.717) is 0 Å². The van der Waals surface area contributed by atoms with E-state index in [0.717, 1.165) is 45.1 Å². The van der Waals surface area contributed by atoms with E-state index >= 15 is 0 Å². The molecule has 1 aliphatic heterocycles. The predicted molar refractivity (Wildman–Crippen MR) is 70.7 cm³/mol. The lowest BCUT2D eigenvalue weighted by atomic mass is 9.71. The summed E-state index contributed by atoms with van der Waals surface area (Å²) >= 11 is 0. The first kappa shape index (κ1) is 12.4. The van der Waals surface area contributed by atoms with Crippen LogP contribution >= 0.6 is 0 Å². The Hall–Kier alpha value is -0.610. The Morgan fingerprint density at radius 3 is 2.11 bits per heavy atom. The summed E-state index contributed by atoms with van der Waals surface area (Å²) in [7, 11) is 0. The van der Waals surface area contributed by atoms with Gasteiger partial charge in [-0.1, -0.05) is 38.5 Å². The third-order valence-corrected chi connectivity index (χ3v) is 5.44. The van der Waals surface area contributed by atoms with E-state index in [1.807, 2.05) is 5.01 Å². The van der Waals surface area contributed by atoms with Gasteiger partial charge in [0.2, 0.25) is 5.91 Å². The maximum Gasteiger partial charge on any atom is 0.241 e. The molecule has 0 unspecified atom stereocenters. The van der Waals surface area contributed by atoms with Gasteiger partial charge in [-0.25, -0.2) is 5.01 Å². The van der Waals surface area contributed by atoms with Crippen molar-refractivity contribution in [2.24, 2.45) is 5.84 Å². The molecule has 3 aliphatic rings. The van der Waals surface area contributed by atoms with Gasteiger partial charge >= 0.3 is 0 Å². The molecule has 3 fully saturated rings. The number of rotatable bonds is 0. The van der Waals surface area contributed by atoms with Crippen molar-refractivity contribution in [1.82, 2.24) is 10.3 Å². The first-order chi connectivity index (χ1) is 8.70. The molecule has 0 aromatic heterocycles. The normalized spacial score (nSPS) is 31.5. The zero-order chi connectivity index (χ0) is 12.6. The van der Waals surface area contributed by atoms with Crippen LogP contribution in [0.2, 0.25) is 0 Å². The SMILES string of the molecule is NN1C2(CCCCC2)CNC(=O)C12CCCCC2. The Balaban J connectivity index is 1.89. The second kappa shape index (κ2) is 4.49. The lowest BCUT2D eigenvalue weighted by Crippen LogP contribution is -2.77. The minimum absolute atomic E-state index is 0.0451. The highest BCUT2D eigenvalue weighted by atomic mass is 16.2. The maximum absolute atomic E-state index is 12.4. The van der Waals surface area contributed by atoms with Crippen molar-refractivity contribution in [2.45, 2.75) is 75.3 Å². The molecule has 1 heterocycles. The fraction of sp³-hybridized carbons (Fsp3) is 0.929. The van der Waals surface area contributed by atoms with Crippen LogP contribution in [0.1, 0.15) is 64.2 Å². The van der Waals surface area contributed by atoms with Gasteiger partial charge in [-0.05, 0) is 25.7 Å². The molecular weight excluding hydrogens is 226 g/mol. The van der Waals surface area contributed by atoms with Crippen LogP contribution < -0.4 is 11.2 Å². The summed E-state index contributed by atoms with van der Waals surface area (Å²) in [4.78, 5) is 12.4. The molecule has 0 bridgehead atoms. The van der Waals surface area contributed by atoms with Crippen LogP contribution in [0.5, 0.6) is 0 Å². The fourth-order valence-corrected chi connectivity index (χ4v) is 4.29. The molecule has 0 atom stereocenters. The Kier molecular flexibility index (Phi) is 3.10. The summed E-state index contributed by atoms with van der Waals surface area (Å²) in [5.74, 6) is 6.70. The van der Waals surface area contributed by atoms with Gasteiger partial charge in [0, 0.05) is 6.54 Å². The van der Waals surface area contributed by atoms with Crippen LogP contribution in [-0.4, -0.2) is 28.5 Å². The summed E-state index contributed by atoms with van der Waals surface area (Å²) in [6, 6.07) is 0. The van der Waals surface area contributed by atoms with Gasteiger partial charge in [-0.15, -0.1) is 0 Å². The third-order valence-electron chi connectivity index (χ3n) is 5.44. The molecule has 0 radical (unpaired) electrons. The first-order valence-electron chi connectivity index (χ1n) is 7.53. The number of carbonyl (C=O) groups excluding carboxylic acids is 1. The van der Waals surface area contributed by atoms with Crippen LogP contribution in [0, 0.1) is 0 Å². The van der Waals surface area contributed by atoms with Crippen molar-refractivity contribution in [2.75, 3.05) is 6.54 Å². The zero-order valence-corrected chi connectivity index (χ0v) is 11.2. The molecule has 2 saturated carbocycles. The van der Waals surface area contributed by atoms with Gasteiger partial charge in [0.1, 0.15) is 5.54 Å². The highest BCUT2D eigenvalue weighted by Gasteiger charge is 2.55. The summed E-state index contributed by atoms with van der Waals surface area (Å²) in [5.41, 5.74) is -0.350. The smallest absolute Gasteiger partial charge is 0.241 e. The average molecular weight is 251 g/mol. The molecule has 4 nitrogen and oxygen atoms in total. The fourth-order valence-electron chi connectivity index (χ4n) is 4.29. The quantitative estimate of drug-likeness (QED) is 0.644. The van der Waals surface area contributed by atoms with Gasteiger partial charge in [0.15, 0.2) is 0 Å². The van der Waals surface area contributed by atoms with Crippen LogP contribution in [0.25, 0.3) is 0 Å². The molecule has 3 N–H and O–H groups in total. The summed E-state index contributed by atoms with van der Waals surface area (Å²) in [5, 5.41) is 5.18. The number of nitrogens with zero attached hydrogens (tertiary/aromatic N) is 1. The van der Waals surface area contributed by atoms with E-state index in [9.17, 15) is 4.79 Å². The number of carbonyl (C=O) groups is 1. The van der Waals surface area contributed by atoms with Crippen LogP contribution in [0.4, 0.5) is 0 Å². The summed E-state index contributed by atoms with van der Waals surface area (Å²) < 4.78 is 0. The van der Waals surface area contributed by atoms with Gasteiger partial charge in [-0.2, -0.15) is 0 Å². The van der Waals surface area contributed by atoms with E-state index in [-0.39, 0.29) is 11.4 Å². The second-order valence-electron chi connectivity index (χ2n) is 6.43. The molecule has 18 heavy (non-hydrogen) atoms. The Morgan fingerprint density at radius 2 is 1.50 bits per heavy atom. The van der Waals surface area contributed by atoms with E-state index < -0.39 is 5.54 Å². The molecule has 0 aromatic carbocycles. The molecule has 2 spiro atoms. The van der Waals surface area contributed by atoms with Crippen LogP contribution in [0.3, 0.4) is 0 Å². The number of hydrogen-bond acceptors (Lipinski definition) is 3. The minimum atomic E-state index is -0.395. The number of nitrogens with one attached hydrogen (secondary N) is 1. The number of hydrazine groups is 1. The van der Waals surface area contributed by atoms with Crippen molar-refractivity contribution in [3.63, 3.8) is 0 Å². The van der Waals surface area contributed by atoms with Crippen molar-refractivity contribution < 1.29 is 4.79 Å². The van der Waals surface area contributed by atoms with Gasteiger partial charge in [0.05, 0.1) is 5.54 Å². The monoisotopic (exact) mass is 251 g/mol. The number of hydrogen-bond donors (Lipinski definition) is 2. The molecule has 1 amide bonds. The zero-order valence-electron chi connectivity index (χ0n) is 11.2. The lowest BCUT2D eigenvalue weighted by Gasteiger charge is -2.57. The molecule has 1 saturated heterocycles. The number of piperazine rings is 1. The Morgan fingerprint density at radius 1 is 0.944 bits per heavy atom. The molecule has 4 heteroatoms. The van der Waals surface area contributed by atoms with E-state index in [4.69, 9.17) is 5.84 Å². The lowest BCUT2D eigenvalue weighted by molar-refractivity contribution is -0.156. The minimum Gasteiger partial charge on any atom is -0.353 e. The van der Waals surface area contributed by atoms with E-state index in [1.165, 1.54) is 25.7 Å². The standard InChI is InChI=1S/C14H25N3O/c15-17-13(7-3-1-4-8-13)11-16-12(18)14(17)9-5-2-6-10-14/h1-11,15H2,(H,16,18). The van der Waals surface area contributed by atoms with Gasteiger partial charge in [-0.3, -0.25) is 10.6 Å². The van der Waals surface area contributed by atoms with Gasteiger partial charge in [0.25, 0.3) is 0 Å². The van der Waals surface area contributed by atoms with E-state index in [2.05, 4.69) is 5.32 Å². The van der Waals surface area contributed by atoms with Crippen molar-refractivity contribution in [3.05, 3.63) is 0 Å². The molecule has 2 aliphatic carbocycles. The number of amides is 1. The van der Waals surface area contributed by atoms with Crippen molar-refractivity contribution in [3.8, 4) is 0 Å². The molecule has 0 aromatic rings. The van der Waals surface area contributed by atoms with Crippen molar-refractivity contribution in [1.29, 1.82) is 0 Å². The maximum atomic E-state index is 12.4. The average Bonchev–Trinajstić information content (AvgIpc) is 2.44. The number of nitrogens with two attached hydrogens (primary N) is 1. The van der Waals surface area contributed by atoms with Crippen LogP contribution in [0.15, 0.2) is 0 Å². The van der Waals surface area contributed by atoms with Crippen LogP contribution in [-0.2, 0) is 4.79 Å². The predicted octanol–water partition coefficient (Wildman–Crippen LogP) is 1.70. The van der Waals surface area contributed by atoms with Gasteiger partial charge < -0.3 is 5.32 Å². The summed E-state index contributed by atoms with van der Waals surface area (Å²) in [6.45, 7) is 0.754. The summed E-state index contributed by atoms with van der Waals surface area (Å²) in [6.07, 6.45) is 11.5. The highest BCUT2D eigenvalue weighted by Crippen LogP contribution is 2.43. The van der Waals surface area contributed by atoms with E-state index in [1.54, 1.807) is 0 Å². The van der Waals surface area contributed by atoms with Crippen molar-refractivity contribution >= 4 is 5.91 Å². The third kappa shape index (κ3) is 1.69. The highest BCUT2D eigenvalue weighted by molar-refractivity contribution is 5.87. The second-order valence-corrected chi connectivity index (χ2v) is 6.43. The Labute approximate surface area is 109 Å². The molecule has 102 valence electrons. The molecule has 3 rings (SSSR count). The topological polar surface area (TPSA) is 58.4 Å². The largest absolute Gasteiger partial charge is 0.353 e. The first-order valence-corrected chi connectivity index (χ1v) is 7.53. The Bertz CT molecular complexity index is 330.